The van der Waals surface area contributed by atoms with Crippen LogP contribution in [0.5, 0.6) is 0 Å². The number of fused-ring (bicyclic) bond motifs is 9. The summed E-state index contributed by atoms with van der Waals surface area (Å²) in [6.45, 7) is 9.73. The van der Waals surface area contributed by atoms with Gasteiger partial charge in [-0.2, -0.15) is 0 Å². The van der Waals surface area contributed by atoms with E-state index < -0.39 is 0 Å². The molecular formula is C55H42N4. The van der Waals surface area contributed by atoms with E-state index in [0.717, 1.165) is 33.5 Å². The average Bonchev–Trinajstić information content (AvgIpc) is 3.62. The average molecular weight is 759 g/mol. The molecule has 1 aliphatic rings. The van der Waals surface area contributed by atoms with Crippen LogP contribution in [0.1, 0.15) is 38.8 Å². The maximum absolute atomic E-state index is 5.14. The van der Waals surface area contributed by atoms with E-state index in [1.807, 2.05) is 24.3 Å². The molecule has 0 amide bonds. The van der Waals surface area contributed by atoms with Crippen molar-refractivity contribution >= 4 is 32.6 Å². The molecule has 2 aromatic heterocycles. The SMILES string of the molecule is CC1(C)c2ccc3ccccc3c2-c2ccc3c4ccccc4n(-c4ccc(-c5nc(-c6ccccc6)nc(-c6cccc(-c7ccccc7)c6)n5)cc4)c3c2C1(C)C. The molecule has 0 atom stereocenters. The molecule has 0 unspecified atom stereocenters. The Hall–Kier alpha value is -7.17. The predicted octanol–water partition coefficient (Wildman–Crippen LogP) is 14.0. The van der Waals surface area contributed by atoms with Gasteiger partial charge in [-0.05, 0) is 86.0 Å². The van der Waals surface area contributed by atoms with E-state index in [0.29, 0.717) is 17.5 Å². The minimum absolute atomic E-state index is 0.147. The van der Waals surface area contributed by atoms with Crippen molar-refractivity contribution in [1.29, 1.82) is 0 Å². The molecule has 282 valence electrons. The Kier molecular flexibility index (Phi) is 7.83. The molecule has 0 fully saturated rings. The van der Waals surface area contributed by atoms with Crippen molar-refractivity contribution in [1.82, 2.24) is 19.5 Å². The van der Waals surface area contributed by atoms with E-state index in [2.05, 4.69) is 190 Å². The fourth-order valence-electron chi connectivity index (χ4n) is 9.48. The highest BCUT2D eigenvalue weighted by molar-refractivity contribution is 6.14. The maximum atomic E-state index is 5.14. The van der Waals surface area contributed by atoms with Gasteiger partial charge >= 0.3 is 0 Å². The summed E-state index contributed by atoms with van der Waals surface area (Å²) in [5.74, 6) is 1.92. The molecule has 0 radical (unpaired) electrons. The highest BCUT2D eigenvalue weighted by Gasteiger charge is 2.48. The van der Waals surface area contributed by atoms with Gasteiger partial charge in [0, 0.05) is 38.6 Å². The number of aromatic nitrogens is 4. The van der Waals surface area contributed by atoms with Crippen LogP contribution in [0.2, 0.25) is 0 Å². The lowest BCUT2D eigenvalue weighted by Crippen LogP contribution is -2.44. The summed E-state index contributed by atoms with van der Waals surface area (Å²) in [5, 5.41) is 5.09. The van der Waals surface area contributed by atoms with Crippen LogP contribution in [-0.4, -0.2) is 19.5 Å². The van der Waals surface area contributed by atoms with Gasteiger partial charge in [0.05, 0.1) is 11.0 Å². The summed E-state index contributed by atoms with van der Waals surface area (Å²) in [5.41, 5.74) is 13.7. The van der Waals surface area contributed by atoms with Crippen LogP contribution >= 0.6 is 0 Å². The van der Waals surface area contributed by atoms with Crippen molar-refractivity contribution in [3.8, 4) is 62.1 Å². The highest BCUT2D eigenvalue weighted by atomic mass is 15.0. The third-order valence-electron chi connectivity index (χ3n) is 13.2. The van der Waals surface area contributed by atoms with Crippen molar-refractivity contribution in [3.05, 3.63) is 193 Å². The Labute approximate surface area is 344 Å². The van der Waals surface area contributed by atoms with Gasteiger partial charge in [0.1, 0.15) is 0 Å². The van der Waals surface area contributed by atoms with Crippen LogP contribution in [0.25, 0.3) is 94.7 Å². The predicted molar refractivity (Wildman–Crippen MR) is 245 cm³/mol. The van der Waals surface area contributed by atoms with E-state index in [4.69, 9.17) is 15.0 Å². The zero-order chi connectivity index (χ0) is 39.9. The fraction of sp³-hybridized carbons (Fsp3) is 0.109. The summed E-state index contributed by atoms with van der Waals surface area (Å²) >= 11 is 0. The zero-order valence-corrected chi connectivity index (χ0v) is 33.6. The first-order valence-electron chi connectivity index (χ1n) is 20.5. The molecule has 1 aliphatic carbocycles. The summed E-state index contributed by atoms with van der Waals surface area (Å²) in [7, 11) is 0. The first-order chi connectivity index (χ1) is 28.8. The Bertz CT molecular complexity index is 3250. The molecule has 0 spiro atoms. The molecule has 4 heteroatoms. The van der Waals surface area contributed by atoms with Crippen LogP contribution in [0.4, 0.5) is 0 Å². The lowest BCUT2D eigenvalue weighted by molar-refractivity contribution is 0.301. The minimum atomic E-state index is -0.198. The summed E-state index contributed by atoms with van der Waals surface area (Å²) in [4.78, 5) is 15.3. The second-order valence-electron chi connectivity index (χ2n) is 16.9. The van der Waals surface area contributed by atoms with Crippen LogP contribution in [0.15, 0.2) is 182 Å². The zero-order valence-electron chi connectivity index (χ0n) is 33.6. The van der Waals surface area contributed by atoms with Crippen molar-refractivity contribution in [2.45, 2.75) is 38.5 Å². The smallest absolute Gasteiger partial charge is 0.164 e. The molecule has 11 rings (SSSR count). The molecule has 0 bridgehead atoms. The standard InChI is InChI=1S/C55H42N4/c1-54(2)46-33-28-36-18-11-12-23-42(36)48(46)45-32-31-44-43-24-13-14-25-47(43)59(50(44)49(45)55(54,3)4)41-29-26-38(27-30-41)52-56-51(37-19-9-6-10-20-37)57-53(58-52)40-22-15-21-39(34-40)35-16-7-5-8-17-35/h5-34H,1-4H3. The molecule has 0 N–H and O–H groups in total. The first kappa shape index (κ1) is 35.0. The molecule has 2 heterocycles. The molecule has 8 aromatic carbocycles. The fourth-order valence-corrected chi connectivity index (χ4v) is 9.48. The lowest BCUT2D eigenvalue weighted by Gasteiger charge is -2.49. The van der Waals surface area contributed by atoms with Crippen molar-refractivity contribution in [2.24, 2.45) is 0 Å². The van der Waals surface area contributed by atoms with Crippen LogP contribution in [0, 0.1) is 0 Å². The van der Waals surface area contributed by atoms with E-state index >= 15 is 0 Å². The molecule has 4 nitrogen and oxygen atoms in total. The van der Waals surface area contributed by atoms with E-state index in [-0.39, 0.29) is 10.8 Å². The van der Waals surface area contributed by atoms with Crippen molar-refractivity contribution in [3.63, 3.8) is 0 Å². The normalized spacial score (nSPS) is 14.0. The molecule has 0 saturated heterocycles. The Morgan fingerprint density at radius 1 is 0.407 bits per heavy atom. The second-order valence-corrected chi connectivity index (χ2v) is 16.9. The van der Waals surface area contributed by atoms with Gasteiger partial charge in [0.2, 0.25) is 0 Å². The first-order valence-corrected chi connectivity index (χ1v) is 20.5. The van der Waals surface area contributed by atoms with Gasteiger partial charge in [0.15, 0.2) is 17.5 Å². The third-order valence-corrected chi connectivity index (χ3v) is 13.2. The van der Waals surface area contributed by atoms with Gasteiger partial charge in [-0.15, -0.1) is 0 Å². The highest BCUT2D eigenvalue weighted by Crippen LogP contribution is 2.58. The van der Waals surface area contributed by atoms with E-state index in [9.17, 15) is 0 Å². The second kappa shape index (κ2) is 13.2. The number of rotatable bonds is 5. The molecular weight excluding hydrogens is 717 g/mol. The molecule has 0 aliphatic heterocycles. The summed E-state index contributed by atoms with van der Waals surface area (Å²) < 4.78 is 2.49. The molecule has 10 aromatic rings. The topological polar surface area (TPSA) is 43.6 Å². The summed E-state index contributed by atoms with van der Waals surface area (Å²) in [6, 6.07) is 64.9. The van der Waals surface area contributed by atoms with Gasteiger partial charge in [-0.3, -0.25) is 0 Å². The Morgan fingerprint density at radius 2 is 0.983 bits per heavy atom. The summed E-state index contributed by atoms with van der Waals surface area (Å²) in [6.07, 6.45) is 0. The quantitative estimate of drug-likeness (QED) is 0.176. The number of nitrogens with zero attached hydrogens (tertiary/aromatic N) is 4. The minimum Gasteiger partial charge on any atom is -0.309 e. The number of para-hydroxylation sites is 1. The third kappa shape index (κ3) is 5.40. The number of hydrogen-bond acceptors (Lipinski definition) is 3. The number of hydrogen-bond donors (Lipinski definition) is 0. The van der Waals surface area contributed by atoms with Crippen LogP contribution in [-0.2, 0) is 10.8 Å². The Balaban J connectivity index is 1.10. The van der Waals surface area contributed by atoms with Crippen LogP contribution < -0.4 is 0 Å². The van der Waals surface area contributed by atoms with Crippen molar-refractivity contribution in [2.75, 3.05) is 0 Å². The molecule has 59 heavy (non-hydrogen) atoms. The molecule has 0 saturated carbocycles. The van der Waals surface area contributed by atoms with Crippen LogP contribution in [0.3, 0.4) is 0 Å². The largest absolute Gasteiger partial charge is 0.309 e. The Morgan fingerprint density at radius 3 is 1.71 bits per heavy atom. The van der Waals surface area contributed by atoms with E-state index in [1.165, 1.54) is 54.8 Å². The van der Waals surface area contributed by atoms with Gasteiger partial charge < -0.3 is 4.57 Å². The van der Waals surface area contributed by atoms with Gasteiger partial charge in [-0.25, -0.2) is 15.0 Å². The van der Waals surface area contributed by atoms with E-state index in [1.54, 1.807) is 0 Å². The van der Waals surface area contributed by atoms with Gasteiger partial charge in [0.25, 0.3) is 0 Å². The number of benzene rings is 8. The monoisotopic (exact) mass is 758 g/mol. The lowest BCUT2D eigenvalue weighted by atomic mass is 9.54. The van der Waals surface area contributed by atoms with Crippen molar-refractivity contribution < 1.29 is 0 Å². The van der Waals surface area contributed by atoms with Gasteiger partial charge in [-0.1, -0.05) is 173 Å². The maximum Gasteiger partial charge on any atom is 0.164 e.